The number of aromatic nitrogens is 3. The molecule has 6 nitrogen and oxygen atoms in total. The van der Waals surface area contributed by atoms with Gasteiger partial charge in [0, 0.05) is 6.20 Å². The summed E-state index contributed by atoms with van der Waals surface area (Å²) in [6.07, 6.45) is 2.89. The van der Waals surface area contributed by atoms with Gasteiger partial charge in [-0.1, -0.05) is 16.8 Å². The molecular weight excluding hydrogens is 270 g/mol. The van der Waals surface area contributed by atoms with Gasteiger partial charge in [-0.25, -0.2) is 0 Å². The van der Waals surface area contributed by atoms with Crippen molar-refractivity contribution in [3.63, 3.8) is 0 Å². The molecule has 0 aliphatic heterocycles. The summed E-state index contributed by atoms with van der Waals surface area (Å²) in [5.74, 6) is 0.182. The smallest absolute Gasteiger partial charge is 0.321 e. The molecule has 0 bridgehead atoms. The monoisotopic (exact) mass is 279 g/mol. The number of esters is 1. The van der Waals surface area contributed by atoms with E-state index >= 15 is 0 Å². The first-order valence-electron chi connectivity index (χ1n) is 5.71. The van der Waals surface area contributed by atoms with Gasteiger partial charge in [-0.3, -0.25) is 9.78 Å². The van der Waals surface area contributed by atoms with E-state index in [1.807, 2.05) is 0 Å². The molecule has 3 rings (SSSR count). The van der Waals surface area contributed by atoms with E-state index in [4.69, 9.17) is 20.9 Å². The van der Waals surface area contributed by atoms with Gasteiger partial charge in [-0.05, 0) is 25.0 Å². The minimum Gasteiger partial charge on any atom is -0.468 e. The van der Waals surface area contributed by atoms with Crippen LogP contribution in [0.15, 0.2) is 22.9 Å². The van der Waals surface area contributed by atoms with Crippen LogP contribution in [0.5, 0.6) is 0 Å². The molecule has 1 saturated carbocycles. The molecule has 0 aromatic carbocycles. The van der Waals surface area contributed by atoms with Gasteiger partial charge in [0.15, 0.2) is 0 Å². The molecule has 2 heterocycles. The molecule has 0 saturated heterocycles. The van der Waals surface area contributed by atoms with Crippen molar-refractivity contribution in [2.75, 3.05) is 7.11 Å². The number of nitrogens with zero attached hydrogens (tertiary/aromatic N) is 3. The summed E-state index contributed by atoms with van der Waals surface area (Å²) in [6, 6.07) is 3.40. The van der Waals surface area contributed by atoms with Crippen LogP contribution in [0.4, 0.5) is 0 Å². The van der Waals surface area contributed by atoms with Gasteiger partial charge in [0.2, 0.25) is 11.7 Å². The van der Waals surface area contributed by atoms with Gasteiger partial charge in [-0.15, -0.1) is 0 Å². The molecule has 0 amide bonds. The highest BCUT2D eigenvalue weighted by atomic mass is 35.5. The Morgan fingerprint density at radius 2 is 2.32 bits per heavy atom. The second kappa shape index (κ2) is 4.31. The summed E-state index contributed by atoms with van der Waals surface area (Å²) in [5, 5.41) is 4.26. The summed E-state index contributed by atoms with van der Waals surface area (Å²) in [4.78, 5) is 20.0. The van der Waals surface area contributed by atoms with Crippen LogP contribution in [0.3, 0.4) is 0 Å². The molecule has 98 valence electrons. The Morgan fingerprint density at radius 1 is 1.53 bits per heavy atom. The fourth-order valence-electron chi connectivity index (χ4n) is 1.89. The van der Waals surface area contributed by atoms with E-state index < -0.39 is 5.41 Å². The Hall–Kier alpha value is -1.95. The van der Waals surface area contributed by atoms with Crippen molar-refractivity contribution in [3.8, 4) is 11.5 Å². The molecule has 0 atom stereocenters. The first-order chi connectivity index (χ1) is 9.17. The molecule has 1 fully saturated rings. The summed E-state index contributed by atoms with van der Waals surface area (Å²) < 4.78 is 9.93. The van der Waals surface area contributed by atoms with Crippen molar-refractivity contribution in [2.24, 2.45) is 0 Å². The summed E-state index contributed by atoms with van der Waals surface area (Å²) >= 11 is 6.01. The first kappa shape index (κ1) is 12.1. The van der Waals surface area contributed by atoms with Gasteiger partial charge >= 0.3 is 5.97 Å². The highest BCUT2D eigenvalue weighted by Gasteiger charge is 2.57. The number of hydrogen-bond donors (Lipinski definition) is 0. The summed E-state index contributed by atoms with van der Waals surface area (Å²) in [6.45, 7) is 0. The Kier molecular flexibility index (Phi) is 2.74. The molecule has 0 unspecified atom stereocenters. The van der Waals surface area contributed by atoms with E-state index in [-0.39, 0.29) is 17.7 Å². The molecule has 1 aliphatic rings. The second-order valence-corrected chi connectivity index (χ2v) is 4.74. The van der Waals surface area contributed by atoms with Crippen LogP contribution >= 0.6 is 11.6 Å². The second-order valence-electron chi connectivity index (χ2n) is 4.33. The van der Waals surface area contributed by atoms with E-state index in [0.717, 1.165) is 0 Å². The molecule has 1 aliphatic carbocycles. The molecule has 7 heteroatoms. The van der Waals surface area contributed by atoms with Gasteiger partial charge in [0.25, 0.3) is 0 Å². The molecule has 2 aromatic heterocycles. The molecular formula is C12H10ClN3O3. The maximum atomic E-state index is 11.7. The molecule has 0 N–H and O–H groups in total. The average Bonchev–Trinajstić information content (AvgIpc) is 3.10. The maximum Gasteiger partial charge on any atom is 0.321 e. The fraction of sp³-hybridized carbons (Fsp3) is 0.333. The van der Waals surface area contributed by atoms with Crippen LogP contribution in [0.1, 0.15) is 18.7 Å². The first-order valence-corrected chi connectivity index (χ1v) is 6.09. The number of methoxy groups -OCH3 is 1. The third-order valence-electron chi connectivity index (χ3n) is 3.13. The van der Waals surface area contributed by atoms with E-state index in [0.29, 0.717) is 23.6 Å². The van der Waals surface area contributed by atoms with Crippen LogP contribution in [0.2, 0.25) is 5.02 Å². The lowest BCUT2D eigenvalue weighted by molar-refractivity contribution is -0.144. The van der Waals surface area contributed by atoms with E-state index in [1.165, 1.54) is 7.11 Å². The van der Waals surface area contributed by atoms with Crippen LogP contribution in [0, 0.1) is 0 Å². The minimum absolute atomic E-state index is 0.260. The van der Waals surface area contributed by atoms with Crippen molar-refractivity contribution < 1.29 is 14.1 Å². The van der Waals surface area contributed by atoms with Gasteiger partial charge in [0.1, 0.15) is 11.1 Å². The lowest BCUT2D eigenvalue weighted by Crippen LogP contribution is -2.22. The van der Waals surface area contributed by atoms with Crippen LogP contribution in [0.25, 0.3) is 11.5 Å². The summed E-state index contributed by atoms with van der Waals surface area (Å²) in [5.41, 5.74) is -0.346. The van der Waals surface area contributed by atoms with Crippen molar-refractivity contribution in [2.45, 2.75) is 18.3 Å². The summed E-state index contributed by atoms with van der Waals surface area (Å²) in [7, 11) is 1.34. The predicted octanol–water partition coefficient (Wildman–Crippen LogP) is 1.99. The van der Waals surface area contributed by atoms with E-state index in [9.17, 15) is 4.79 Å². The number of rotatable bonds is 3. The van der Waals surface area contributed by atoms with Gasteiger partial charge < -0.3 is 9.26 Å². The quantitative estimate of drug-likeness (QED) is 0.800. The zero-order chi connectivity index (χ0) is 13.5. The largest absolute Gasteiger partial charge is 0.468 e. The zero-order valence-electron chi connectivity index (χ0n) is 10.1. The van der Waals surface area contributed by atoms with Gasteiger partial charge in [-0.2, -0.15) is 4.98 Å². The van der Waals surface area contributed by atoms with Crippen molar-refractivity contribution >= 4 is 17.6 Å². The Labute approximate surface area is 113 Å². The highest BCUT2D eigenvalue weighted by Crippen LogP contribution is 2.48. The topological polar surface area (TPSA) is 78.1 Å². The Morgan fingerprint density at radius 3 is 2.95 bits per heavy atom. The number of halogens is 1. The normalized spacial score (nSPS) is 16.1. The fourth-order valence-corrected chi connectivity index (χ4v) is 2.10. The van der Waals surface area contributed by atoms with Gasteiger partial charge in [0.05, 0.1) is 12.1 Å². The Balaban J connectivity index is 1.97. The molecule has 0 spiro atoms. The van der Waals surface area contributed by atoms with Crippen molar-refractivity contribution in [1.29, 1.82) is 0 Å². The number of hydrogen-bond acceptors (Lipinski definition) is 6. The number of pyridine rings is 1. The molecule has 0 radical (unpaired) electrons. The highest BCUT2D eigenvalue weighted by molar-refractivity contribution is 6.32. The predicted molar refractivity (Wildman–Crippen MR) is 65.5 cm³/mol. The standard InChI is InChI=1S/C12H10ClN3O3/c1-18-11(17)12(4-5-12)10-15-9(16-19-10)8-7(13)3-2-6-14-8/h2-3,6H,4-5H2,1H3. The zero-order valence-corrected chi connectivity index (χ0v) is 10.8. The Bertz CT molecular complexity index is 637. The lowest BCUT2D eigenvalue weighted by atomic mass is 10.1. The third kappa shape index (κ3) is 1.88. The third-order valence-corrected chi connectivity index (χ3v) is 3.44. The van der Waals surface area contributed by atoms with Crippen LogP contribution in [-0.4, -0.2) is 28.2 Å². The van der Waals surface area contributed by atoms with Crippen LogP contribution in [-0.2, 0) is 14.9 Å². The number of ether oxygens (including phenoxy) is 1. The van der Waals surface area contributed by atoms with Crippen molar-refractivity contribution in [3.05, 3.63) is 29.2 Å². The van der Waals surface area contributed by atoms with E-state index in [2.05, 4.69) is 15.1 Å². The van der Waals surface area contributed by atoms with Crippen molar-refractivity contribution in [1.82, 2.24) is 15.1 Å². The average molecular weight is 280 g/mol. The van der Waals surface area contributed by atoms with Crippen LogP contribution < -0.4 is 0 Å². The molecule has 2 aromatic rings. The minimum atomic E-state index is -0.777. The molecule has 19 heavy (non-hydrogen) atoms. The van der Waals surface area contributed by atoms with E-state index in [1.54, 1.807) is 18.3 Å². The SMILES string of the molecule is COC(=O)C1(c2nc(-c3ncccc3Cl)no2)CC1. The number of carbonyl (C=O) groups excluding carboxylic acids is 1. The lowest BCUT2D eigenvalue weighted by Gasteiger charge is -2.05. The maximum absolute atomic E-state index is 11.7. The number of carbonyl (C=O) groups is 1.